The van der Waals surface area contributed by atoms with Crippen molar-refractivity contribution < 1.29 is 14.5 Å². The van der Waals surface area contributed by atoms with Crippen molar-refractivity contribution in [1.82, 2.24) is 10.2 Å². The van der Waals surface area contributed by atoms with E-state index in [1.54, 1.807) is 26.2 Å². The van der Waals surface area contributed by atoms with Crippen molar-refractivity contribution in [2.45, 2.75) is 19.9 Å². The van der Waals surface area contributed by atoms with Crippen LogP contribution in [0.3, 0.4) is 0 Å². The Balaban J connectivity index is 2.83. The van der Waals surface area contributed by atoms with E-state index in [1.807, 2.05) is 0 Å². The SMILES string of the molecule is CCCNCc1ccc([N+](=O)[O-])c(OCC(=O)N(C)C)c1. The Labute approximate surface area is 124 Å². The van der Waals surface area contributed by atoms with Crippen molar-refractivity contribution in [3.8, 4) is 5.75 Å². The van der Waals surface area contributed by atoms with E-state index in [-0.39, 0.29) is 24.0 Å². The average molecular weight is 295 g/mol. The number of likely N-dealkylation sites (N-methyl/N-ethyl adjacent to an activating group) is 1. The highest BCUT2D eigenvalue weighted by atomic mass is 16.6. The van der Waals surface area contributed by atoms with Crippen molar-refractivity contribution in [3.63, 3.8) is 0 Å². The first kappa shape index (κ1) is 16.9. The van der Waals surface area contributed by atoms with E-state index in [0.717, 1.165) is 18.5 Å². The highest BCUT2D eigenvalue weighted by Crippen LogP contribution is 2.28. The van der Waals surface area contributed by atoms with Gasteiger partial charge in [0.25, 0.3) is 5.91 Å². The highest BCUT2D eigenvalue weighted by molar-refractivity contribution is 5.77. The first-order chi connectivity index (χ1) is 9.95. The number of nitro groups is 1. The number of hydrogen-bond acceptors (Lipinski definition) is 5. The zero-order chi connectivity index (χ0) is 15.8. The van der Waals surface area contributed by atoms with Gasteiger partial charge in [0.2, 0.25) is 0 Å². The van der Waals surface area contributed by atoms with Crippen LogP contribution in [0.4, 0.5) is 5.69 Å². The summed E-state index contributed by atoms with van der Waals surface area (Å²) in [6.45, 7) is 3.31. The minimum atomic E-state index is -0.515. The Hall–Kier alpha value is -2.15. The molecule has 1 aromatic rings. The third-order valence-electron chi connectivity index (χ3n) is 2.83. The second kappa shape index (κ2) is 8.21. The maximum atomic E-state index is 11.5. The standard InChI is InChI=1S/C14H21N3O4/c1-4-7-15-9-11-5-6-12(17(19)20)13(8-11)21-10-14(18)16(2)3/h5-6,8,15H,4,7,9-10H2,1-3H3. The predicted molar refractivity (Wildman–Crippen MR) is 79.3 cm³/mol. The van der Waals surface area contributed by atoms with Gasteiger partial charge < -0.3 is 15.0 Å². The molecule has 0 heterocycles. The summed E-state index contributed by atoms with van der Waals surface area (Å²) in [5.41, 5.74) is 0.738. The summed E-state index contributed by atoms with van der Waals surface area (Å²) in [6.07, 6.45) is 1.01. The smallest absolute Gasteiger partial charge is 0.310 e. The molecule has 0 aromatic heterocycles. The molecule has 0 saturated heterocycles. The lowest BCUT2D eigenvalue weighted by Crippen LogP contribution is -2.27. The number of ether oxygens (including phenoxy) is 1. The van der Waals surface area contributed by atoms with Crippen LogP contribution in [-0.4, -0.2) is 43.0 Å². The number of nitro benzene ring substituents is 1. The number of benzene rings is 1. The molecule has 0 aliphatic rings. The fraction of sp³-hybridized carbons (Fsp3) is 0.500. The minimum absolute atomic E-state index is 0.117. The summed E-state index contributed by atoms with van der Waals surface area (Å²) in [6, 6.07) is 4.68. The first-order valence-electron chi connectivity index (χ1n) is 6.76. The van der Waals surface area contributed by atoms with Gasteiger partial charge in [-0.05, 0) is 24.6 Å². The molecule has 0 aliphatic heterocycles. The van der Waals surface area contributed by atoms with Gasteiger partial charge in [0, 0.05) is 26.7 Å². The summed E-state index contributed by atoms with van der Waals surface area (Å²) in [5, 5.41) is 14.2. The van der Waals surface area contributed by atoms with E-state index in [1.165, 1.54) is 11.0 Å². The minimum Gasteiger partial charge on any atom is -0.477 e. The second-order valence-corrected chi connectivity index (χ2v) is 4.81. The summed E-state index contributed by atoms with van der Waals surface area (Å²) in [5.74, 6) is -0.134. The average Bonchev–Trinajstić information content (AvgIpc) is 2.44. The van der Waals surface area contributed by atoms with Crippen molar-refractivity contribution in [1.29, 1.82) is 0 Å². The first-order valence-corrected chi connectivity index (χ1v) is 6.76. The number of carbonyl (C=O) groups excluding carboxylic acids is 1. The lowest BCUT2D eigenvalue weighted by atomic mass is 10.2. The summed E-state index contributed by atoms with van der Waals surface area (Å²) in [7, 11) is 3.20. The van der Waals surface area contributed by atoms with Crippen LogP contribution in [0.1, 0.15) is 18.9 Å². The molecule has 116 valence electrons. The van der Waals surface area contributed by atoms with E-state index in [0.29, 0.717) is 6.54 Å². The van der Waals surface area contributed by atoms with Gasteiger partial charge >= 0.3 is 5.69 Å². The molecule has 0 unspecified atom stereocenters. The molecule has 0 bridgehead atoms. The van der Waals surface area contributed by atoms with Crippen LogP contribution >= 0.6 is 0 Å². The van der Waals surface area contributed by atoms with Crippen molar-refractivity contribution in [3.05, 3.63) is 33.9 Å². The quantitative estimate of drug-likeness (QED) is 0.447. The molecule has 7 nitrogen and oxygen atoms in total. The predicted octanol–water partition coefficient (Wildman–Crippen LogP) is 1.56. The number of amides is 1. The van der Waals surface area contributed by atoms with Crippen molar-refractivity contribution in [2.75, 3.05) is 27.2 Å². The molecule has 1 rings (SSSR count). The molecule has 0 fully saturated rings. The molecule has 7 heteroatoms. The van der Waals surface area contributed by atoms with Crippen LogP contribution in [0.2, 0.25) is 0 Å². The third-order valence-corrected chi connectivity index (χ3v) is 2.83. The van der Waals surface area contributed by atoms with Gasteiger partial charge in [0.1, 0.15) is 0 Å². The van der Waals surface area contributed by atoms with Crippen LogP contribution in [0, 0.1) is 10.1 Å². The second-order valence-electron chi connectivity index (χ2n) is 4.81. The Bertz CT molecular complexity index is 503. The Morgan fingerprint density at radius 3 is 2.71 bits per heavy atom. The normalized spacial score (nSPS) is 10.2. The number of nitrogens with one attached hydrogen (secondary N) is 1. The monoisotopic (exact) mass is 295 g/mol. The van der Waals surface area contributed by atoms with Crippen molar-refractivity contribution in [2.24, 2.45) is 0 Å². The topological polar surface area (TPSA) is 84.7 Å². The zero-order valence-corrected chi connectivity index (χ0v) is 12.6. The van der Waals surface area contributed by atoms with E-state index < -0.39 is 4.92 Å². The third kappa shape index (κ3) is 5.39. The Morgan fingerprint density at radius 1 is 1.43 bits per heavy atom. The molecule has 0 atom stereocenters. The van der Waals surface area contributed by atoms with Gasteiger partial charge in [-0.2, -0.15) is 0 Å². The zero-order valence-electron chi connectivity index (χ0n) is 12.6. The van der Waals surface area contributed by atoms with Crippen LogP contribution < -0.4 is 10.1 Å². The number of hydrogen-bond donors (Lipinski definition) is 1. The summed E-state index contributed by atoms with van der Waals surface area (Å²) in [4.78, 5) is 23.4. The maximum absolute atomic E-state index is 11.5. The highest BCUT2D eigenvalue weighted by Gasteiger charge is 2.17. The number of rotatable bonds is 8. The van der Waals surface area contributed by atoms with Gasteiger partial charge in [-0.15, -0.1) is 0 Å². The summed E-state index contributed by atoms with van der Waals surface area (Å²) >= 11 is 0. The fourth-order valence-corrected chi connectivity index (χ4v) is 1.61. The molecular formula is C14H21N3O4. The van der Waals surface area contributed by atoms with Crippen LogP contribution in [0.5, 0.6) is 5.75 Å². The molecule has 1 N–H and O–H groups in total. The van der Waals surface area contributed by atoms with Crippen LogP contribution in [0.25, 0.3) is 0 Å². The van der Waals surface area contributed by atoms with E-state index in [2.05, 4.69) is 12.2 Å². The lowest BCUT2D eigenvalue weighted by Gasteiger charge is -2.12. The van der Waals surface area contributed by atoms with Gasteiger partial charge in [-0.25, -0.2) is 0 Å². The number of carbonyl (C=O) groups is 1. The molecule has 0 spiro atoms. The molecule has 0 aliphatic carbocycles. The molecule has 1 aromatic carbocycles. The Morgan fingerprint density at radius 2 is 2.14 bits per heavy atom. The fourth-order valence-electron chi connectivity index (χ4n) is 1.61. The van der Waals surface area contributed by atoms with Crippen LogP contribution in [0.15, 0.2) is 18.2 Å². The van der Waals surface area contributed by atoms with Gasteiger partial charge in [-0.1, -0.05) is 13.0 Å². The molecule has 1 amide bonds. The lowest BCUT2D eigenvalue weighted by molar-refractivity contribution is -0.385. The number of nitrogens with zero attached hydrogens (tertiary/aromatic N) is 2. The van der Waals surface area contributed by atoms with Gasteiger partial charge in [0.05, 0.1) is 4.92 Å². The van der Waals surface area contributed by atoms with Crippen molar-refractivity contribution >= 4 is 11.6 Å². The van der Waals surface area contributed by atoms with E-state index in [9.17, 15) is 14.9 Å². The van der Waals surface area contributed by atoms with Gasteiger partial charge in [0.15, 0.2) is 12.4 Å². The maximum Gasteiger partial charge on any atom is 0.310 e. The van der Waals surface area contributed by atoms with E-state index >= 15 is 0 Å². The van der Waals surface area contributed by atoms with Crippen LogP contribution in [-0.2, 0) is 11.3 Å². The molecular weight excluding hydrogens is 274 g/mol. The molecule has 0 saturated carbocycles. The molecule has 21 heavy (non-hydrogen) atoms. The Kier molecular flexibility index (Phi) is 6.61. The van der Waals surface area contributed by atoms with E-state index in [4.69, 9.17) is 4.74 Å². The van der Waals surface area contributed by atoms with Gasteiger partial charge in [-0.3, -0.25) is 14.9 Å². The molecule has 0 radical (unpaired) electrons. The summed E-state index contributed by atoms with van der Waals surface area (Å²) < 4.78 is 5.31. The largest absolute Gasteiger partial charge is 0.477 e.